The van der Waals surface area contributed by atoms with Crippen LogP contribution >= 0.6 is 0 Å². The SMILES string of the molecule is CC1=C(C(=O)Nc2ccccc2)NCC=C1. The molecule has 0 saturated heterocycles. The summed E-state index contributed by atoms with van der Waals surface area (Å²) >= 11 is 0. The molecular formula is C13H14N2O. The van der Waals surface area contributed by atoms with Crippen LogP contribution in [0.4, 0.5) is 5.69 Å². The molecule has 82 valence electrons. The van der Waals surface area contributed by atoms with E-state index < -0.39 is 0 Å². The number of rotatable bonds is 2. The number of para-hydroxylation sites is 1. The highest BCUT2D eigenvalue weighted by Gasteiger charge is 2.13. The molecule has 0 unspecified atom stereocenters. The standard InChI is InChI=1S/C13H14N2O/c1-10-6-5-9-14-12(10)13(16)15-11-7-3-2-4-8-11/h2-8,14H,9H2,1H3,(H,15,16). The third-order valence-electron chi connectivity index (χ3n) is 2.42. The monoisotopic (exact) mass is 214 g/mol. The summed E-state index contributed by atoms with van der Waals surface area (Å²) in [6.07, 6.45) is 3.95. The maximum atomic E-state index is 11.9. The molecule has 2 N–H and O–H groups in total. The minimum absolute atomic E-state index is 0.0898. The summed E-state index contributed by atoms with van der Waals surface area (Å²) in [7, 11) is 0. The maximum absolute atomic E-state index is 11.9. The summed E-state index contributed by atoms with van der Waals surface area (Å²) in [6, 6.07) is 9.44. The summed E-state index contributed by atoms with van der Waals surface area (Å²) in [5, 5.41) is 5.92. The highest BCUT2D eigenvalue weighted by molar-refractivity contribution is 6.04. The molecule has 1 heterocycles. The molecule has 1 aromatic rings. The first kappa shape index (κ1) is 10.5. The summed E-state index contributed by atoms with van der Waals surface area (Å²) in [6.45, 7) is 2.62. The molecule has 2 rings (SSSR count). The smallest absolute Gasteiger partial charge is 0.272 e. The first-order chi connectivity index (χ1) is 7.77. The van der Waals surface area contributed by atoms with Gasteiger partial charge < -0.3 is 10.6 Å². The molecule has 0 atom stereocenters. The van der Waals surface area contributed by atoms with E-state index in [9.17, 15) is 4.79 Å². The van der Waals surface area contributed by atoms with Gasteiger partial charge >= 0.3 is 0 Å². The number of allylic oxidation sites excluding steroid dienone is 2. The van der Waals surface area contributed by atoms with Crippen molar-refractivity contribution in [2.75, 3.05) is 11.9 Å². The zero-order chi connectivity index (χ0) is 11.4. The Morgan fingerprint density at radius 1 is 1.31 bits per heavy atom. The zero-order valence-corrected chi connectivity index (χ0v) is 9.16. The van der Waals surface area contributed by atoms with Gasteiger partial charge in [0.2, 0.25) is 0 Å². The minimum Gasteiger partial charge on any atom is -0.377 e. The Bertz CT molecular complexity index is 446. The van der Waals surface area contributed by atoms with Gasteiger partial charge in [-0.3, -0.25) is 4.79 Å². The van der Waals surface area contributed by atoms with E-state index in [1.165, 1.54) is 0 Å². The van der Waals surface area contributed by atoms with Crippen LogP contribution in [0, 0.1) is 0 Å². The third kappa shape index (κ3) is 2.31. The molecule has 16 heavy (non-hydrogen) atoms. The van der Waals surface area contributed by atoms with Crippen molar-refractivity contribution >= 4 is 11.6 Å². The predicted molar refractivity (Wildman–Crippen MR) is 64.9 cm³/mol. The van der Waals surface area contributed by atoms with Gasteiger partial charge in [0.05, 0.1) is 0 Å². The summed E-state index contributed by atoms with van der Waals surface area (Å²) < 4.78 is 0. The van der Waals surface area contributed by atoms with Crippen molar-refractivity contribution in [1.29, 1.82) is 0 Å². The van der Waals surface area contributed by atoms with E-state index in [4.69, 9.17) is 0 Å². The molecule has 1 amide bonds. The van der Waals surface area contributed by atoms with Crippen molar-refractivity contribution in [3.8, 4) is 0 Å². The molecule has 0 bridgehead atoms. The molecule has 3 nitrogen and oxygen atoms in total. The number of amides is 1. The van der Waals surface area contributed by atoms with Crippen molar-refractivity contribution < 1.29 is 4.79 Å². The summed E-state index contributed by atoms with van der Waals surface area (Å²) in [5.74, 6) is -0.0898. The Hall–Kier alpha value is -2.03. The maximum Gasteiger partial charge on any atom is 0.272 e. The second-order valence-corrected chi connectivity index (χ2v) is 3.66. The number of carbonyl (C=O) groups excluding carboxylic acids is 1. The number of hydrogen-bond donors (Lipinski definition) is 2. The molecule has 0 fully saturated rings. The highest BCUT2D eigenvalue weighted by Crippen LogP contribution is 2.11. The lowest BCUT2D eigenvalue weighted by Gasteiger charge is -2.15. The number of nitrogens with one attached hydrogen (secondary N) is 2. The number of anilines is 1. The fourth-order valence-electron chi connectivity index (χ4n) is 1.59. The minimum atomic E-state index is -0.0898. The lowest BCUT2D eigenvalue weighted by atomic mass is 10.1. The van der Waals surface area contributed by atoms with Crippen LogP contribution in [0.25, 0.3) is 0 Å². The molecule has 0 aliphatic carbocycles. The lowest BCUT2D eigenvalue weighted by molar-refractivity contribution is -0.113. The molecule has 1 aliphatic heterocycles. The van der Waals surface area contributed by atoms with Crippen LogP contribution in [-0.2, 0) is 4.79 Å². The van der Waals surface area contributed by atoms with Crippen LogP contribution in [0.3, 0.4) is 0 Å². The Morgan fingerprint density at radius 2 is 2.06 bits per heavy atom. The quantitative estimate of drug-likeness (QED) is 0.791. The lowest BCUT2D eigenvalue weighted by Crippen LogP contribution is -2.28. The Balaban J connectivity index is 2.12. The van der Waals surface area contributed by atoms with Gasteiger partial charge in [-0.1, -0.05) is 30.4 Å². The van der Waals surface area contributed by atoms with Crippen molar-refractivity contribution in [3.05, 3.63) is 53.8 Å². The Kier molecular flexibility index (Phi) is 3.05. The van der Waals surface area contributed by atoms with Crippen LogP contribution in [0.1, 0.15) is 6.92 Å². The normalized spacial score (nSPS) is 14.6. The van der Waals surface area contributed by atoms with Gasteiger partial charge in [-0.25, -0.2) is 0 Å². The number of benzene rings is 1. The van der Waals surface area contributed by atoms with Crippen molar-refractivity contribution in [2.45, 2.75) is 6.92 Å². The van der Waals surface area contributed by atoms with Gasteiger partial charge in [0.25, 0.3) is 5.91 Å². The average Bonchev–Trinajstić information content (AvgIpc) is 2.31. The predicted octanol–water partition coefficient (Wildman–Crippen LogP) is 2.06. The van der Waals surface area contributed by atoms with E-state index in [1.807, 2.05) is 49.4 Å². The molecule has 3 heteroatoms. The Morgan fingerprint density at radius 3 is 2.75 bits per heavy atom. The first-order valence-electron chi connectivity index (χ1n) is 5.25. The van der Waals surface area contributed by atoms with E-state index in [2.05, 4.69) is 10.6 Å². The van der Waals surface area contributed by atoms with E-state index in [0.717, 1.165) is 11.3 Å². The van der Waals surface area contributed by atoms with Gasteiger partial charge in [0.1, 0.15) is 5.70 Å². The Labute approximate surface area is 94.9 Å². The number of dihydropyridines is 1. The second kappa shape index (κ2) is 4.66. The molecule has 0 aromatic heterocycles. The highest BCUT2D eigenvalue weighted by atomic mass is 16.2. The summed E-state index contributed by atoms with van der Waals surface area (Å²) in [4.78, 5) is 11.9. The molecule has 0 radical (unpaired) electrons. The fourth-order valence-corrected chi connectivity index (χ4v) is 1.59. The van der Waals surface area contributed by atoms with Crippen LogP contribution in [0.15, 0.2) is 53.8 Å². The van der Waals surface area contributed by atoms with Crippen LogP contribution in [-0.4, -0.2) is 12.5 Å². The fraction of sp³-hybridized carbons (Fsp3) is 0.154. The van der Waals surface area contributed by atoms with E-state index in [0.29, 0.717) is 12.2 Å². The van der Waals surface area contributed by atoms with E-state index in [-0.39, 0.29) is 5.91 Å². The molecule has 1 aliphatic rings. The second-order valence-electron chi connectivity index (χ2n) is 3.66. The van der Waals surface area contributed by atoms with Crippen LogP contribution < -0.4 is 10.6 Å². The molecule has 0 spiro atoms. The van der Waals surface area contributed by atoms with E-state index in [1.54, 1.807) is 0 Å². The average molecular weight is 214 g/mol. The summed E-state index contributed by atoms with van der Waals surface area (Å²) in [5.41, 5.74) is 2.41. The zero-order valence-electron chi connectivity index (χ0n) is 9.16. The molecule has 1 aromatic carbocycles. The van der Waals surface area contributed by atoms with Crippen LogP contribution in [0.2, 0.25) is 0 Å². The van der Waals surface area contributed by atoms with Gasteiger partial charge in [-0.05, 0) is 24.6 Å². The molecular weight excluding hydrogens is 200 g/mol. The van der Waals surface area contributed by atoms with E-state index >= 15 is 0 Å². The van der Waals surface area contributed by atoms with Gasteiger partial charge in [0, 0.05) is 12.2 Å². The van der Waals surface area contributed by atoms with Crippen molar-refractivity contribution in [3.63, 3.8) is 0 Å². The van der Waals surface area contributed by atoms with Crippen LogP contribution in [0.5, 0.6) is 0 Å². The van der Waals surface area contributed by atoms with Gasteiger partial charge in [-0.2, -0.15) is 0 Å². The van der Waals surface area contributed by atoms with Crippen molar-refractivity contribution in [1.82, 2.24) is 5.32 Å². The number of carbonyl (C=O) groups is 1. The molecule has 0 saturated carbocycles. The van der Waals surface area contributed by atoms with Gasteiger partial charge in [0.15, 0.2) is 0 Å². The van der Waals surface area contributed by atoms with Crippen molar-refractivity contribution in [2.24, 2.45) is 0 Å². The van der Waals surface area contributed by atoms with Gasteiger partial charge in [-0.15, -0.1) is 0 Å². The largest absolute Gasteiger partial charge is 0.377 e. The topological polar surface area (TPSA) is 41.1 Å². The number of hydrogen-bond acceptors (Lipinski definition) is 2. The first-order valence-corrected chi connectivity index (χ1v) is 5.25. The third-order valence-corrected chi connectivity index (χ3v) is 2.42.